The smallest absolute Gasteiger partial charge is 0.165 e. The Morgan fingerprint density at radius 3 is 2.74 bits per heavy atom. The van der Waals surface area contributed by atoms with Gasteiger partial charge in [0.1, 0.15) is 0 Å². The second-order valence-electron chi connectivity index (χ2n) is 5.07. The average Bonchev–Trinajstić information content (AvgIpc) is 2.91. The van der Waals surface area contributed by atoms with Crippen molar-refractivity contribution in [2.45, 2.75) is 32.2 Å². The van der Waals surface area contributed by atoms with Crippen LogP contribution in [-0.4, -0.2) is 31.1 Å². The molecule has 1 fully saturated rings. The highest BCUT2D eigenvalue weighted by Crippen LogP contribution is 2.23. The van der Waals surface area contributed by atoms with Crippen LogP contribution in [-0.2, 0) is 0 Å². The van der Waals surface area contributed by atoms with Crippen LogP contribution >= 0.6 is 0 Å². The van der Waals surface area contributed by atoms with Gasteiger partial charge in [0.15, 0.2) is 11.6 Å². The van der Waals surface area contributed by atoms with Gasteiger partial charge in [-0.05, 0) is 63.5 Å². The van der Waals surface area contributed by atoms with Gasteiger partial charge in [0.05, 0.1) is 6.61 Å². The molecule has 0 aromatic heterocycles. The number of nitrogens with zero attached hydrogens (tertiary/aromatic N) is 1. The number of benzene rings is 1. The molecule has 106 valence electrons. The van der Waals surface area contributed by atoms with Gasteiger partial charge in [-0.1, -0.05) is 6.07 Å². The number of likely N-dealkylation sites (tertiary alicyclic amines) is 1. The lowest BCUT2D eigenvalue weighted by Crippen LogP contribution is -2.24. The molecule has 1 heterocycles. The van der Waals surface area contributed by atoms with Crippen molar-refractivity contribution in [3.63, 3.8) is 0 Å². The number of nitrogens with two attached hydrogens (primary N) is 1. The monoisotopic (exact) mass is 266 g/mol. The first-order chi connectivity index (χ1) is 9.20. The summed E-state index contributed by atoms with van der Waals surface area (Å²) in [4.78, 5) is 2.42. The van der Waals surface area contributed by atoms with Crippen molar-refractivity contribution < 1.29 is 9.13 Å². The molecule has 2 rings (SSSR count). The number of ether oxygens (including phenoxy) is 1. The minimum atomic E-state index is -0.323. The molecule has 1 saturated heterocycles. The van der Waals surface area contributed by atoms with E-state index in [0.717, 1.165) is 18.5 Å². The highest BCUT2D eigenvalue weighted by Gasteiger charge is 2.15. The van der Waals surface area contributed by atoms with Crippen LogP contribution in [0.25, 0.3) is 0 Å². The molecule has 4 heteroatoms. The topological polar surface area (TPSA) is 38.5 Å². The fraction of sp³-hybridized carbons (Fsp3) is 0.600. The van der Waals surface area contributed by atoms with E-state index in [1.807, 2.05) is 13.0 Å². The summed E-state index contributed by atoms with van der Waals surface area (Å²) < 4.78 is 18.9. The van der Waals surface area contributed by atoms with Crippen LogP contribution in [0.5, 0.6) is 5.75 Å². The molecule has 1 unspecified atom stereocenters. The van der Waals surface area contributed by atoms with Crippen molar-refractivity contribution in [1.29, 1.82) is 0 Å². The number of halogens is 1. The van der Waals surface area contributed by atoms with E-state index in [1.54, 1.807) is 6.07 Å². The first-order valence-electron chi connectivity index (χ1n) is 7.11. The highest BCUT2D eigenvalue weighted by molar-refractivity contribution is 5.31. The number of hydrogen-bond donors (Lipinski definition) is 1. The Kier molecular flexibility index (Phi) is 5.16. The second kappa shape index (κ2) is 6.87. The lowest BCUT2D eigenvalue weighted by Gasteiger charge is -2.18. The average molecular weight is 266 g/mol. The third-order valence-corrected chi connectivity index (χ3v) is 3.64. The highest BCUT2D eigenvalue weighted by atomic mass is 19.1. The Hall–Kier alpha value is -1.13. The Bertz CT molecular complexity index is 405. The van der Waals surface area contributed by atoms with Crippen LogP contribution in [0.2, 0.25) is 0 Å². The van der Waals surface area contributed by atoms with Gasteiger partial charge in [-0.3, -0.25) is 0 Å². The molecule has 3 nitrogen and oxygen atoms in total. The van der Waals surface area contributed by atoms with Crippen molar-refractivity contribution in [2.75, 3.05) is 26.2 Å². The molecule has 1 aliphatic heterocycles. The molecule has 19 heavy (non-hydrogen) atoms. The molecule has 0 bridgehead atoms. The van der Waals surface area contributed by atoms with Gasteiger partial charge in [0, 0.05) is 6.04 Å². The zero-order valence-electron chi connectivity index (χ0n) is 11.6. The van der Waals surface area contributed by atoms with E-state index in [-0.39, 0.29) is 11.9 Å². The summed E-state index contributed by atoms with van der Waals surface area (Å²) in [5, 5.41) is 0. The van der Waals surface area contributed by atoms with Crippen LogP contribution in [0.4, 0.5) is 4.39 Å². The van der Waals surface area contributed by atoms with E-state index in [9.17, 15) is 4.39 Å². The zero-order valence-corrected chi connectivity index (χ0v) is 11.6. The standard InChI is InChI=1S/C15H23FN2O/c1-2-19-15-6-5-12(11-13(15)16)14(17)7-10-18-8-3-4-9-18/h5-6,11,14H,2-4,7-10,17H2,1H3. The summed E-state index contributed by atoms with van der Waals surface area (Å²) in [5.41, 5.74) is 6.98. The van der Waals surface area contributed by atoms with E-state index in [2.05, 4.69) is 4.90 Å². The van der Waals surface area contributed by atoms with Crippen molar-refractivity contribution >= 4 is 0 Å². The summed E-state index contributed by atoms with van der Waals surface area (Å²) >= 11 is 0. The molecule has 0 saturated carbocycles. The summed E-state index contributed by atoms with van der Waals surface area (Å²) in [5.74, 6) is -0.0195. The van der Waals surface area contributed by atoms with Gasteiger partial charge in [-0.2, -0.15) is 0 Å². The van der Waals surface area contributed by atoms with Gasteiger partial charge >= 0.3 is 0 Å². The molecule has 1 aromatic carbocycles. The first kappa shape index (κ1) is 14.3. The van der Waals surface area contributed by atoms with Gasteiger partial charge in [0.2, 0.25) is 0 Å². The van der Waals surface area contributed by atoms with Crippen molar-refractivity contribution in [3.05, 3.63) is 29.6 Å². The molecule has 0 radical (unpaired) electrons. The fourth-order valence-electron chi connectivity index (χ4n) is 2.51. The molecular weight excluding hydrogens is 243 g/mol. The largest absolute Gasteiger partial charge is 0.491 e. The fourth-order valence-corrected chi connectivity index (χ4v) is 2.51. The Balaban J connectivity index is 1.90. The third-order valence-electron chi connectivity index (χ3n) is 3.64. The minimum absolute atomic E-state index is 0.106. The van der Waals surface area contributed by atoms with Crippen molar-refractivity contribution in [1.82, 2.24) is 4.90 Å². The van der Waals surface area contributed by atoms with Gasteiger partial charge in [-0.25, -0.2) is 4.39 Å². The SMILES string of the molecule is CCOc1ccc(C(N)CCN2CCCC2)cc1F. The van der Waals surface area contributed by atoms with Gasteiger partial charge < -0.3 is 15.4 Å². The molecule has 1 aliphatic rings. The predicted octanol–water partition coefficient (Wildman–Crippen LogP) is 2.71. The van der Waals surface area contributed by atoms with Gasteiger partial charge in [-0.15, -0.1) is 0 Å². The predicted molar refractivity (Wildman–Crippen MR) is 74.8 cm³/mol. The normalized spacial score (nSPS) is 17.6. The molecule has 0 amide bonds. The summed E-state index contributed by atoms with van der Waals surface area (Å²) in [7, 11) is 0. The lowest BCUT2D eigenvalue weighted by molar-refractivity contribution is 0.318. The maximum Gasteiger partial charge on any atom is 0.165 e. The van der Waals surface area contributed by atoms with E-state index in [1.165, 1.54) is 32.0 Å². The van der Waals surface area contributed by atoms with Crippen LogP contribution in [0.15, 0.2) is 18.2 Å². The molecule has 1 aromatic rings. The summed E-state index contributed by atoms with van der Waals surface area (Å²) in [6, 6.07) is 4.93. The van der Waals surface area contributed by atoms with Crippen molar-refractivity contribution in [2.24, 2.45) is 5.73 Å². The molecule has 1 atom stereocenters. The third kappa shape index (κ3) is 3.91. The molecular formula is C15H23FN2O. The van der Waals surface area contributed by atoms with Crippen LogP contribution in [0, 0.1) is 5.82 Å². The van der Waals surface area contributed by atoms with E-state index in [4.69, 9.17) is 10.5 Å². The Morgan fingerprint density at radius 2 is 2.11 bits per heavy atom. The number of hydrogen-bond acceptors (Lipinski definition) is 3. The minimum Gasteiger partial charge on any atom is -0.491 e. The lowest BCUT2D eigenvalue weighted by atomic mass is 10.0. The maximum atomic E-state index is 13.7. The van der Waals surface area contributed by atoms with Crippen LogP contribution in [0.3, 0.4) is 0 Å². The Labute approximate surface area is 114 Å². The van der Waals surface area contributed by atoms with Gasteiger partial charge in [0.25, 0.3) is 0 Å². The van der Waals surface area contributed by atoms with E-state index >= 15 is 0 Å². The van der Waals surface area contributed by atoms with Crippen LogP contribution in [0.1, 0.15) is 37.8 Å². The summed E-state index contributed by atoms with van der Waals surface area (Å²) in [6.07, 6.45) is 3.44. The number of rotatable bonds is 6. The first-order valence-corrected chi connectivity index (χ1v) is 7.11. The molecule has 2 N–H and O–H groups in total. The summed E-state index contributed by atoms with van der Waals surface area (Å²) in [6.45, 7) is 5.65. The quantitative estimate of drug-likeness (QED) is 0.860. The maximum absolute atomic E-state index is 13.7. The molecule has 0 spiro atoms. The molecule has 0 aliphatic carbocycles. The second-order valence-corrected chi connectivity index (χ2v) is 5.07. The zero-order chi connectivity index (χ0) is 13.7. The van der Waals surface area contributed by atoms with E-state index in [0.29, 0.717) is 12.4 Å². The van der Waals surface area contributed by atoms with E-state index < -0.39 is 0 Å². The van der Waals surface area contributed by atoms with Crippen LogP contribution < -0.4 is 10.5 Å². The van der Waals surface area contributed by atoms with Crippen molar-refractivity contribution in [3.8, 4) is 5.75 Å². The Morgan fingerprint density at radius 1 is 1.37 bits per heavy atom.